The lowest BCUT2D eigenvalue weighted by Crippen LogP contribution is -2.00. The molecule has 0 aromatic heterocycles. The van der Waals surface area contributed by atoms with Gasteiger partial charge in [0.1, 0.15) is 0 Å². The molecule has 0 rings (SSSR count). The minimum Gasteiger partial charge on any atom is -0.466 e. The van der Waals surface area contributed by atoms with Crippen molar-refractivity contribution in [1.29, 1.82) is 0 Å². The van der Waals surface area contributed by atoms with Crippen LogP contribution in [0.5, 0.6) is 0 Å². The normalized spacial score (nSPS) is 11.1. The van der Waals surface area contributed by atoms with Gasteiger partial charge in [-0.3, -0.25) is 4.79 Å². The Kier molecular flexibility index (Phi) is 17.5. The number of halogens is 1. The first kappa shape index (κ1) is 20.7. The number of esters is 1. The fraction of sp³-hybridized carbons (Fsp3) is 0.833. The fourth-order valence-corrected chi connectivity index (χ4v) is 2.56. The van der Waals surface area contributed by atoms with Crippen LogP contribution in [0, 0.1) is 0 Å². The highest BCUT2D eigenvalue weighted by Gasteiger charge is 1.95. The molecule has 0 radical (unpaired) electrons. The number of alkyl halides is 1. The number of hydrogen-bond donors (Lipinski definition) is 0. The van der Waals surface area contributed by atoms with Gasteiger partial charge in [0.25, 0.3) is 0 Å². The summed E-state index contributed by atoms with van der Waals surface area (Å²) in [6.07, 6.45) is 20.0. The zero-order valence-corrected chi connectivity index (χ0v) is 15.3. The van der Waals surface area contributed by atoms with E-state index in [0.29, 0.717) is 6.61 Å². The van der Waals surface area contributed by atoms with E-state index < -0.39 is 0 Å². The molecule has 0 heterocycles. The van der Waals surface area contributed by atoms with Crippen molar-refractivity contribution < 1.29 is 9.53 Å². The van der Waals surface area contributed by atoms with Crippen LogP contribution in [0.15, 0.2) is 12.2 Å². The summed E-state index contributed by atoms with van der Waals surface area (Å²) < 4.78 is 4.91. The molecule has 0 spiro atoms. The largest absolute Gasteiger partial charge is 0.466 e. The van der Waals surface area contributed by atoms with Gasteiger partial charge in [-0.25, -0.2) is 0 Å². The Morgan fingerprint density at radius 2 is 1.29 bits per heavy atom. The van der Waals surface area contributed by atoms with Crippen LogP contribution in [0.25, 0.3) is 0 Å². The summed E-state index contributed by atoms with van der Waals surface area (Å²) in [4.78, 5) is 10.6. The Balaban J connectivity index is 3.01. The summed E-state index contributed by atoms with van der Waals surface area (Å²) in [5.41, 5.74) is 0. The van der Waals surface area contributed by atoms with E-state index in [2.05, 4.69) is 28.1 Å². The molecule has 124 valence electrons. The lowest BCUT2D eigenvalue weighted by molar-refractivity contribution is -0.141. The maximum atomic E-state index is 10.6. The number of allylic oxidation sites excluding steroid dienone is 2. The topological polar surface area (TPSA) is 26.3 Å². The van der Waals surface area contributed by atoms with E-state index in [-0.39, 0.29) is 5.97 Å². The number of hydrogen-bond acceptors (Lipinski definition) is 2. The smallest absolute Gasteiger partial charge is 0.302 e. The van der Waals surface area contributed by atoms with Gasteiger partial charge in [-0.05, 0) is 25.7 Å². The second kappa shape index (κ2) is 17.7. The van der Waals surface area contributed by atoms with Crippen LogP contribution in [0.1, 0.15) is 84.0 Å². The molecule has 0 amide bonds. The van der Waals surface area contributed by atoms with Crippen LogP contribution >= 0.6 is 15.9 Å². The number of carbonyl (C=O) groups is 1. The van der Waals surface area contributed by atoms with E-state index in [1.54, 1.807) is 0 Å². The minimum atomic E-state index is -0.159. The summed E-state index contributed by atoms with van der Waals surface area (Å²) in [5, 5.41) is 1.08. The molecule has 0 saturated carbocycles. The molecule has 3 heteroatoms. The molecular weight excluding hydrogens is 328 g/mol. The molecule has 0 fully saturated rings. The Hall–Kier alpha value is -0.310. The van der Waals surface area contributed by atoms with E-state index in [1.807, 2.05) is 0 Å². The van der Waals surface area contributed by atoms with Crippen LogP contribution in [0.2, 0.25) is 0 Å². The molecular formula is C18H33BrO2. The summed E-state index contributed by atoms with van der Waals surface area (Å²) in [5.74, 6) is -0.159. The predicted molar refractivity (Wildman–Crippen MR) is 95.0 cm³/mol. The molecule has 0 saturated heterocycles. The first-order chi connectivity index (χ1) is 10.3. The molecule has 0 aliphatic rings. The van der Waals surface area contributed by atoms with Crippen LogP contribution < -0.4 is 0 Å². The molecule has 0 unspecified atom stereocenters. The van der Waals surface area contributed by atoms with Crippen molar-refractivity contribution in [2.75, 3.05) is 11.9 Å². The van der Waals surface area contributed by atoms with Crippen LogP contribution in [-0.4, -0.2) is 17.9 Å². The third-order valence-electron chi connectivity index (χ3n) is 3.51. The number of rotatable bonds is 15. The highest BCUT2D eigenvalue weighted by molar-refractivity contribution is 9.09. The average Bonchev–Trinajstić information content (AvgIpc) is 2.46. The van der Waals surface area contributed by atoms with Gasteiger partial charge >= 0.3 is 5.97 Å². The lowest BCUT2D eigenvalue weighted by Gasteiger charge is -2.03. The van der Waals surface area contributed by atoms with E-state index in [0.717, 1.165) is 18.2 Å². The van der Waals surface area contributed by atoms with Gasteiger partial charge in [0.2, 0.25) is 0 Å². The van der Waals surface area contributed by atoms with Crippen molar-refractivity contribution in [2.45, 2.75) is 84.0 Å². The van der Waals surface area contributed by atoms with E-state index >= 15 is 0 Å². The summed E-state index contributed by atoms with van der Waals surface area (Å²) in [6.45, 7) is 2.07. The first-order valence-electron chi connectivity index (χ1n) is 8.61. The van der Waals surface area contributed by atoms with Crippen molar-refractivity contribution in [3.8, 4) is 0 Å². The molecule has 0 atom stereocenters. The monoisotopic (exact) mass is 360 g/mol. The molecule has 0 aromatic carbocycles. The van der Waals surface area contributed by atoms with Crippen LogP contribution in [0.4, 0.5) is 0 Å². The van der Waals surface area contributed by atoms with Gasteiger partial charge in [-0.2, -0.15) is 0 Å². The van der Waals surface area contributed by atoms with Gasteiger partial charge in [0.15, 0.2) is 0 Å². The molecule has 0 aromatic rings. The predicted octanol–water partition coefficient (Wildman–Crippen LogP) is 6.18. The van der Waals surface area contributed by atoms with Gasteiger partial charge < -0.3 is 4.74 Å². The zero-order chi connectivity index (χ0) is 15.6. The van der Waals surface area contributed by atoms with Crippen molar-refractivity contribution in [3.05, 3.63) is 12.2 Å². The van der Waals surface area contributed by atoms with Gasteiger partial charge in [0.05, 0.1) is 6.61 Å². The van der Waals surface area contributed by atoms with E-state index in [9.17, 15) is 4.79 Å². The third kappa shape index (κ3) is 19.7. The molecule has 21 heavy (non-hydrogen) atoms. The van der Waals surface area contributed by atoms with Gasteiger partial charge in [-0.1, -0.05) is 79.4 Å². The highest BCUT2D eigenvalue weighted by atomic mass is 79.9. The Bertz CT molecular complexity index is 252. The first-order valence-corrected chi connectivity index (χ1v) is 9.74. The fourth-order valence-electron chi connectivity index (χ4n) is 2.29. The van der Waals surface area contributed by atoms with Crippen molar-refractivity contribution >= 4 is 21.9 Å². The summed E-state index contributed by atoms with van der Waals surface area (Å²) in [7, 11) is 0. The standard InChI is InChI=1S/C18H33BrO2/c1-18(20)21-17-15-13-11-9-7-5-3-2-4-6-8-10-12-14-16-19/h10,12H,2-9,11,13-17H2,1H3/b12-10+. The molecule has 2 nitrogen and oxygen atoms in total. The highest BCUT2D eigenvalue weighted by Crippen LogP contribution is 2.11. The van der Waals surface area contributed by atoms with Crippen molar-refractivity contribution in [2.24, 2.45) is 0 Å². The average molecular weight is 361 g/mol. The number of carbonyl (C=O) groups excluding carboxylic acids is 1. The Labute approximate surface area is 139 Å². The number of unbranched alkanes of at least 4 members (excludes halogenated alkanes) is 10. The maximum absolute atomic E-state index is 10.6. The SMILES string of the molecule is CC(=O)OCCCCCCCCCCCC/C=C/CCBr. The van der Waals surface area contributed by atoms with E-state index in [1.165, 1.54) is 71.1 Å². The van der Waals surface area contributed by atoms with Gasteiger partial charge in [0, 0.05) is 12.3 Å². The molecule has 0 aliphatic heterocycles. The molecule has 0 aliphatic carbocycles. The van der Waals surface area contributed by atoms with E-state index in [4.69, 9.17) is 4.74 Å². The van der Waals surface area contributed by atoms with Crippen molar-refractivity contribution in [1.82, 2.24) is 0 Å². The lowest BCUT2D eigenvalue weighted by atomic mass is 10.1. The Morgan fingerprint density at radius 1 is 0.810 bits per heavy atom. The second-order valence-corrected chi connectivity index (χ2v) is 6.41. The van der Waals surface area contributed by atoms with Crippen LogP contribution in [0.3, 0.4) is 0 Å². The quantitative estimate of drug-likeness (QED) is 0.151. The number of ether oxygens (including phenoxy) is 1. The molecule has 0 bridgehead atoms. The second-order valence-electron chi connectivity index (χ2n) is 5.61. The zero-order valence-electron chi connectivity index (χ0n) is 13.7. The Morgan fingerprint density at radius 3 is 1.81 bits per heavy atom. The third-order valence-corrected chi connectivity index (χ3v) is 3.97. The van der Waals surface area contributed by atoms with Crippen molar-refractivity contribution in [3.63, 3.8) is 0 Å². The summed E-state index contributed by atoms with van der Waals surface area (Å²) >= 11 is 3.43. The molecule has 0 N–H and O–H groups in total. The maximum Gasteiger partial charge on any atom is 0.302 e. The van der Waals surface area contributed by atoms with Crippen LogP contribution in [-0.2, 0) is 9.53 Å². The summed E-state index contributed by atoms with van der Waals surface area (Å²) in [6, 6.07) is 0. The minimum absolute atomic E-state index is 0.159. The van der Waals surface area contributed by atoms with Gasteiger partial charge in [-0.15, -0.1) is 0 Å².